The number of guanidine groups is 1. The molecule has 5 nitrogen and oxygen atoms in total. The number of halogens is 1. The summed E-state index contributed by atoms with van der Waals surface area (Å²) >= 11 is 0. The number of benzene rings is 1. The van der Waals surface area contributed by atoms with E-state index in [-0.39, 0.29) is 5.82 Å². The molecule has 0 aliphatic rings. The monoisotopic (exact) mass is 339 g/mol. The highest BCUT2D eigenvalue weighted by molar-refractivity contribution is 5.79. The Morgan fingerprint density at radius 2 is 1.88 bits per heavy atom. The first-order valence-electron chi connectivity index (χ1n) is 8.52. The van der Waals surface area contributed by atoms with Crippen molar-refractivity contribution < 1.29 is 13.9 Å². The molecule has 24 heavy (non-hydrogen) atoms. The van der Waals surface area contributed by atoms with Crippen molar-refractivity contribution in [1.82, 2.24) is 10.6 Å². The minimum atomic E-state index is -0.188. The number of ether oxygens (including phenoxy) is 2. The summed E-state index contributed by atoms with van der Waals surface area (Å²) in [4.78, 5) is 4.13. The largest absolute Gasteiger partial charge is 0.379 e. The van der Waals surface area contributed by atoms with Gasteiger partial charge in [-0.3, -0.25) is 4.99 Å². The third-order valence-corrected chi connectivity index (χ3v) is 3.47. The first kappa shape index (κ1) is 20.4. The lowest BCUT2D eigenvalue weighted by Crippen LogP contribution is -2.38. The van der Waals surface area contributed by atoms with Gasteiger partial charge in [-0.25, -0.2) is 4.39 Å². The van der Waals surface area contributed by atoms with Crippen LogP contribution in [-0.4, -0.2) is 46.0 Å². The van der Waals surface area contributed by atoms with Crippen molar-refractivity contribution in [1.29, 1.82) is 0 Å². The van der Waals surface area contributed by atoms with Gasteiger partial charge in [-0.2, -0.15) is 0 Å². The molecular formula is C18H30FN3O2. The molecule has 0 bridgehead atoms. The van der Waals surface area contributed by atoms with Crippen LogP contribution in [0.2, 0.25) is 0 Å². The van der Waals surface area contributed by atoms with E-state index in [1.165, 1.54) is 6.07 Å². The van der Waals surface area contributed by atoms with E-state index >= 15 is 0 Å². The molecule has 0 fully saturated rings. The molecule has 0 saturated heterocycles. The summed E-state index contributed by atoms with van der Waals surface area (Å²) in [5.74, 6) is 0.477. The number of hydrogen-bond acceptors (Lipinski definition) is 3. The highest BCUT2D eigenvalue weighted by Crippen LogP contribution is 2.08. The van der Waals surface area contributed by atoms with Gasteiger partial charge in [0, 0.05) is 26.7 Å². The van der Waals surface area contributed by atoms with Crippen LogP contribution in [0.15, 0.2) is 23.2 Å². The summed E-state index contributed by atoms with van der Waals surface area (Å²) in [7, 11) is 1.70. The zero-order chi connectivity index (χ0) is 17.6. The van der Waals surface area contributed by atoms with Crippen LogP contribution in [-0.2, 0) is 16.0 Å². The van der Waals surface area contributed by atoms with Gasteiger partial charge < -0.3 is 20.1 Å². The van der Waals surface area contributed by atoms with Crippen LogP contribution in [0.4, 0.5) is 4.39 Å². The van der Waals surface area contributed by atoms with Crippen LogP contribution < -0.4 is 10.6 Å². The molecule has 0 radical (unpaired) electrons. The molecule has 0 saturated carbocycles. The summed E-state index contributed by atoms with van der Waals surface area (Å²) in [6.07, 6.45) is 2.24. The van der Waals surface area contributed by atoms with Crippen LogP contribution in [0.5, 0.6) is 0 Å². The van der Waals surface area contributed by atoms with E-state index in [9.17, 15) is 4.39 Å². The van der Waals surface area contributed by atoms with E-state index < -0.39 is 0 Å². The maximum Gasteiger partial charge on any atom is 0.191 e. The second-order valence-corrected chi connectivity index (χ2v) is 5.51. The zero-order valence-corrected chi connectivity index (χ0v) is 15.0. The number of nitrogens with zero attached hydrogens (tertiary/aromatic N) is 1. The van der Waals surface area contributed by atoms with Crippen molar-refractivity contribution in [3.8, 4) is 0 Å². The third-order valence-electron chi connectivity index (χ3n) is 3.47. The van der Waals surface area contributed by atoms with Crippen LogP contribution in [0.3, 0.4) is 0 Å². The molecule has 0 heterocycles. The molecule has 0 atom stereocenters. The van der Waals surface area contributed by atoms with Gasteiger partial charge in [-0.15, -0.1) is 0 Å². The number of aliphatic imine (C=N–C) groups is 1. The smallest absolute Gasteiger partial charge is 0.191 e. The Morgan fingerprint density at radius 1 is 1.12 bits per heavy atom. The first-order valence-corrected chi connectivity index (χ1v) is 8.52. The summed E-state index contributed by atoms with van der Waals surface area (Å²) in [5, 5.41) is 6.31. The molecule has 0 amide bonds. The Labute approximate surface area is 144 Å². The Balaban J connectivity index is 2.11. The van der Waals surface area contributed by atoms with E-state index in [4.69, 9.17) is 9.47 Å². The molecule has 0 unspecified atom stereocenters. The van der Waals surface area contributed by atoms with E-state index in [0.717, 1.165) is 25.0 Å². The normalized spacial score (nSPS) is 11.6. The summed E-state index contributed by atoms with van der Waals surface area (Å²) < 4.78 is 24.4. The molecule has 0 aromatic heterocycles. The van der Waals surface area contributed by atoms with Gasteiger partial charge in [-0.05, 0) is 30.5 Å². The molecule has 1 rings (SSSR count). The number of aryl methyl sites for hydroxylation is 1. The maximum absolute atomic E-state index is 13.5. The molecule has 0 aliphatic carbocycles. The minimum Gasteiger partial charge on any atom is -0.379 e. The second-order valence-electron chi connectivity index (χ2n) is 5.51. The first-order chi connectivity index (χ1) is 11.7. The quantitative estimate of drug-likeness (QED) is 0.370. The van der Waals surface area contributed by atoms with Gasteiger partial charge >= 0.3 is 0 Å². The Morgan fingerprint density at radius 3 is 2.54 bits per heavy atom. The van der Waals surface area contributed by atoms with Crippen molar-refractivity contribution >= 4 is 5.96 Å². The maximum atomic E-state index is 13.5. The average molecular weight is 339 g/mol. The lowest BCUT2D eigenvalue weighted by molar-refractivity contribution is 0.0487. The number of hydrogen-bond donors (Lipinski definition) is 2. The van der Waals surface area contributed by atoms with Crippen LogP contribution in [0.25, 0.3) is 0 Å². The highest BCUT2D eigenvalue weighted by atomic mass is 19.1. The van der Waals surface area contributed by atoms with Crippen molar-refractivity contribution in [2.24, 2.45) is 4.99 Å². The van der Waals surface area contributed by atoms with Crippen molar-refractivity contribution in [3.05, 3.63) is 35.1 Å². The highest BCUT2D eigenvalue weighted by Gasteiger charge is 2.01. The standard InChI is InChI=1S/C18H30FN3O2/c1-4-5-9-23-11-12-24-10-8-21-18(20-3)22-14-16-7-6-15(2)17(19)13-16/h6-7,13H,4-5,8-12,14H2,1-3H3,(H2,20,21,22). The average Bonchev–Trinajstić information content (AvgIpc) is 2.59. The molecule has 2 N–H and O–H groups in total. The topological polar surface area (TPSA) is 54.9 Å². The van der Waals surface area contributed by atoms with Crippen molar-refractivity contribution in [3.63, 3.8) is 0 Å². The van der Waals surface area contributed by atoms with Gasteiger partial charge in [0.1, 0.15) is 5.82 Å². The molecule has 136 valence electrons. The van der Waals surface area contributed by atoms with E-state index in [2.05, 4.69) is 22.5 Å². The van der Waals surface area contributed by atoms with Gasteiger partial charge in [0.15, 0.2) is 5.96 Å². The van der Waals surface area contributed by atoms with Crippen LogP contribution in [0.1, 0.15) is 30.9 Å². The predicted octanol–water partition coefficient (Wildman–Crippen LogP) is 2.63. The van der Waals surface area contributed by atoms with E-state index in [1.807, 2.05) is 6.07 Å². The van der Waals surface area contributed by atoms with Crippen molar-refractivity contribution in [2.75, 3.05) is 40.0 Å². The number of unbranched alkanes of at least 4 members (excludes halogenated alkanes) is 1. The predicted molar refractivity (Wildman–Crippen MR) is 95.9 cm³/mol. The lowest BCUT2D eigenvalue weighted by Gasteiger charge is -2.12. The fourth-order valence-electron chi connectivity index (χ4n) is 1.96. The van der Waals surface area contributed by atoms with Gasteiger partial charge in [0.25, 0.3) is 0 Å². The van der Waals surface area contributed by atoms with Gasteiger partial charge in [0.2, 0.25) is 0 Å². The van der Waals surface area contributed by atoms with Crippen LogP contribution >= 0.6 is 0 Å². The zero-order valence-electron chi connectivity index (χ0n) is 15.0. The fourth-order valence-corrected chi connectivity index (χ4v) is 1.96. The lowest BCUT2D eigenvalue weighted by atomic mass is 10.1. The molecule has 1 aromatic carbocycles. The van der Waals surface area contributed by atoms with Gasteiger partial charge in [0.05, 0.1) is 19.8 Å². The second kappa shape index (κ2) is 12.7. The molecule has 0 aliphatic heterocycles. The van der Waals surface area contributed by atoms with E-state index in [1.54, 1.807) is 20.0 Å². The summed E-state index contributed by atoms with van der Waals surface area (Å²) in [5.41, 5.74) is 1.53. The summed E-state index contributed by atoms with van der Waals surface area (Å²) in [6, 6.07) is 5.22. The Hall–Kier alpha value is -1.66. The number of nitrogens with one attached hydrogen (secondary N) is 2. The minimum absolute atomic E-state index is 0.188. The molecule has 0 spiro atoms. The molecule has 1 aromatic rings. The van der Waals surface area contributed by atoms with Crippen molar-refractivity contribution in [2.45, 2.75) is 33.2 Å². The van der Waals surface area contributed by atoms with Gasteiger partial charge in [-0.1, -0.05) is 25.5 Å². The molecule has 6 heteroatoms. The fraction of sp³-hybridized carbons (Fsp3) is 0.611. The summed E-state index contributed by atoms with van der Waals surface area (Å²) in [6.45, 7) is 7.67. The Bertz CT molecular complexity index is 495. The van der Waals surface area contributed by atoms with Crippen LogP contribution in [0, 0.1) is 12.7 Å². The molecular weight excluding hydrogens is 309 g/mol. The SMILES string of the molecule is CCCCOCCOCCNC(=NC)NCc1ccc(C)c(F)c1. The Kier molecular flexibility index (Phi) is 10.8. The third kappa shape index (κ3) is 8.84. The number of rotatable bonds is 11. The van der Waals surface area contributed by atoms with E-state index in [0.29, 0.717) is 44.4 Å².